The van der Waals surface area contributed by atoms with Crippen LogP contribution >= 0.6 is 0 Å². The molecule has 96 valence electrons. The maximum atomic E-state index is 13.7. The summed E-state index contributed by atoms with van der Waals surface area (Å²) in [6, 6.07) is 2.22. The summed E-state index contributed by atoms with van der Waals surface area (Å²) in [4.78, 5) is 12.0. The third-order valence-corrected chi connectivity index (χ3v) is 3.65. The van der Waals surface area contributed by atoms with E-state index in [0.717, 1.165) is 18.9 Å². The van der Waals surface area contributed by atoms with E-state index >= 15 is 0 Å². The van der Waals surface area contributed by atoms with Gasteiger partial charge in [0.05, 0.1) is 5.41 Å². The number of carbonyl (C=O) groups is 1. The zero-order valence-corrected chi connectivity index (χ0v) is 9.60. The van der Waals surface area contributed by atoms with Crippen molar-refractivity contribution in [1.82, 2.24) is 5.32 Å². The molecule has 2 fully saturated rings. The van der Waals surface area contributed by atoms with Gasteiger partial charge in [0.25, 0.3) is 0 Å². The van der Waals surface area contributed by atoms with E-state index < -0.39 is 22.9 Å². The van der Waals surface area contributed by atoms with E-state index in [4.69, 9.17) is 0 Å². The first-order valence-electron chi connectivity index (χ1n) is 5.99. The van der Waals surface area contributed by atoms with Gasteiger partial charge < -0.3 is 5.32 Å². The number of hydrogen-bond acceptors (Lipinski definition) is 1. The minimum Gasteiger partial charge on any atom is -0.353 e. The van der Waals surface area contributed by atoms with Gasteiger partial charge >= 0.3 is 0 Å². The summed E-state index contributed by atoms with van der Waals surface area (Å²) in [6.45, 7) is 0. The van der Waals surface area contributed by atoms with Crippen LogP contribution in [0.25, 0.3) is 0 Å². The highest BCUT2D eigenvalue weighted by atomic mass is 19.2. The normalized spacial score (nSPS) is 20.6. The van der Waals surface area contributed by atoms with Crippen molar-refractivity contribution >= 4 is 5.91 Å². The Morgan fingerprint density at radius 3 is 2.39 bits per heavy atom. The van der Waals surface area contributed by atoms with Crippen molar-refractivity contribution in [3.63, 3.8) is 0 Å². The lowest BCUT2D eigenvalue weighted by molar-refractivity contribution is -0.123. The molecule has 2 nitrogen and oxygen atoms in total. The highest BCUT2D eigenvalue weighted by Crippen LogP contribution is 2.50. The first kappa shape index (κ1) is 11.6. The summed E-state index contributed by atoms with van der Waals surface area (Å²) in [6.07, 6.45) is 2.82. The molecule has 1 N–H and O–H groups in total. The first-order valence-corrected chi connectivity index (χ1v) is 5.99. The molecule has 5 heteroatoms. The number of halogens is 3. The van der Waals surface area contributed by atoms with Crippen LogP contribution in [0.4, 0.5) is 13.2 Å². The van der Waals surface area contributed by atoms with E-state index in [1.165, 1.54) is 6.07 Å². The lowest BCUT2D eigenvalue weighted by Crippen LogP contribution is -2.36. The summed E-state index contributed by atoms with van der Waals surface area (Å²) in [5.74, 6) is -4.24. The predicted octanol–water partition coefficient (Wildman–Crippen LogP) is 2.41. The molecule has 0 spiro atoms. The average molecular weight is 255 g/mol. The molecule has 0 saturated heterocycles. The Bertz CT molecular complexity index is 521. The van der Waals surface area contributed by atoms with Gasteiger partial charge in [-0.05, 0) is 31.7 Å². The maximum absolute atomic E-state index is 13.7. The molecule has 0 heterocycles. The fourth-order valence-electron chi connectivity index (χ4n) is 2.19. The van der Waals surface area contributed by atoms with Crippen molar-refractivity contribution < 1.29 is 18.0 Å². The molecular weight excluding hydrogens is 243 g/mol. The van der Waals surface area contributed by atoms with E-state index in [9.17, 15) is 18.0 Å². The van der Waals surface area contributed by atoms with Gasteiger partial charge in [-0.25, -0.2) is 13.2 Å². The lowest BCUT2D eigenvalue weighted by Gasteiger charge is -2.16. The second-order valence-corrected chi connectivity index (χ2v) is 5.05. The molecule has 0 radical (unpaired) electrons. The molecule has 3 rings (SSSR count). The van der Waals surface area contributed by atoms with E-state index in [-0.39, 0.29) is 17.5 Å². The monoisotopic (exact) mass is 255 g/mol. The van der Waals surface area contributed by atoms with E-state index in [2.05, 4.69) is 5.32 Å². The second kappa shape index (κ2) is 3.73. The predicted molar refractivity (Wildman–Crippen MR) is 58.4 cm³/mol. The van der Waals surface area contributed by atoms with Crippen molar-refractivity contribution in [3.05, 3.63) is 35.1 Å². The van der Waals surface area contributed by atoms with Crippen LogP contribution in [0.3, 0.4) is 0 Å². The van der Waals surface area contributed by atoms with Gasteiger partial charge in [0.15, 0.2) is 17.5 Å². The SMILES string of the molecule is O=C(NC1CC1)C1(c2ccc(F)c(F)c2F)CC1. The van der Waals surface area contributed by atoms with Crippen molar-refractivity contribution in [3.8, 4) is 0 Å². The minimum absolute atomic E-state index is 0.0282. The third kappa shape index (κ3) is 1.69. The highest BCUT2D eigenvalue weighted by molar-refractivity contribution is 5.91. The number of rotatable bonds is 3. The van der Waals surface area contributed by atoms with Crippen molar-refractivity contribution in [2.45, 2.75) is 37.1 Å². The first-order chi connectivity index (χ1) is 8.54. The Morgan fingerprint density at radius 2 is 1.83 bits per heavy atom. The molecule has 1 aromatic rings. The number of hydrogen-bond donors (Lipinski definition) is 1. The van der Waals surface area contributed by atoms with Crippen LogP contribution in [0.15, 0.2) is 12.1 Å². The molecule has 1 amide bonds. The number of benzene rings is 1. The molecular formula is C13H12F3NO. The van der Waals surface area contributed by atoms with E-state index in [1.807, 2.05) is 0 Å². The van der Waals surface area contributed by atoms with Gasteiger partial charge in [0, 0.05) is 11.6 Å². The van der Waals surface area contributed by atoms with Gasteiger partial charge in [0.2, 0.25) is 5.91 Å². The van der Waals surface area contributed by atoms with Crippen LogP contribution in [0.2, 0.25) is 0 Å². The zero-order chi connectivity index (χ0) is 12.9. The number of nitrogens with one attached hydrogen (secondary N) is 1. The quantitative estimate of drug-likeness (QED) is 0.826. The summed E-state index contributed by atoms with van der Waals surface area (Å²) in [5.41, 5.74) is -1.01. The van der Waals surface area contributed by atoms with Gasteiger partial charge in [0.1, 0.15) is 0 Å². The topological polar surface area (TPSA) is 29.1 Å². The molecule has 1 aromatic carbocycles. The zero-order valence-electron chi connectivity index (χ0n) is 9.60. The fraction of sp³-hybridized carbons (Fsp3) is 0.462. The molecule has 0 bridgehead atoms. The van der Waals surface area contributed by atoms with Gasteiger partial charge in [-0.2, -0.15) is 0 Å². The molecule has 0 aromatic heterocycles. The molecule has 18 heavy (non-hydrogen) atoms. The van der Waals surface area contributed by atoms with Crippen LogP contribution < -0.4 is 5.32 Å². The Kier molecular flexibility index (Phi) is 2.40. The summed E-state index contributed by atoms with van der Waals surface area (Å²) in [7, 11) is 0. The fourth-order valence-corrected chi connectivity index (χ4v) is 2.19. The number of carbonyl (C=O) groups excluding carboxylic acids is 1. The smallest absolute Gasteiger partial charge is 0.230 e. The molecule has 0 unspecified atom stereocenters. The Hall–Kier alpha value is -1.52. The van der Waals surface area contributed by atoms with Crippen LogP contribution in [0.5, 0.6) is 0 Å². The summed E-state index contributed by atoms with van der Waals surface area (Å²) >= 11 is 0. The largest absolute Gasteiger partial charge is 0.353 e. The van der Waals surface area contributed by atoms with Crippen molar-refractivity contribution in [2.75, 3.05) is 0 Å². The van der Waals surface area contributed by atoms with Crippen LogP contribution in [0, 0.1) is 17.5 Å². The number of amides is 1. The van der Waals surface area contributed by atoms with E-state index in [0.29, 0.717) is 12.8 Å². The van der Waals surface area contributed by atoms with Gasteiger partial charge in [-0.3, -0.25) is 4.79 Å². The molecule has 2 saturated carbocycles. The molecule has 2 aliphatic carbocycles. The van der Waals surface area contributed by atoms with E-state index in [1.54, 1.807) is 0 Å². The Balaban J connectivity index is 1.93. The van der Waals surface area contributed by atoms with Gasteiger partial charge in [-0.15, -0.1) is 0 Å². The average Bonchev–Trinajstić information content (AvgIpc) is 3.19. The third-order valence-electron chi connectivity index (χ3n) is 3.65. The Morgan fingerprint density at radius 1 is 1.17 bits per heavy atom. The lowest BCUT2D eigenvalue weighted by atomic mass is 9.94. The van der Waals surface area contributed by atoms with Crippen LogP contribution in [-0.2, 0) is 10.2 Å². The summed E-state index contributed by atoms with van der Waals surface area (Å²) in [5, 5.41) is 2.79. The highest BCUT2D eigenvalue weighted by Gasteiger charge is 2.54. The van der Waals surface area contributed by atoms with Crippen LogP contribution in [-0.4, -0.2) is 11.9 Å². The Labute approximate surface area is 102 Å². The standard InChI is InChI=1S/C13H12F3NO/c14-9-4-3-8(10(15)11(9)16)13(5-6-13)12(18)17-7-1-2-7/h3-4,7H,1-2,5-6H2,(H,17,18). The van der Waals surface area contributed by atoms with Crippen LogP contribution in [0.1, 0.15) is 31.2 Å². The van der Waals surface area contributed by atoms with Gasteiger partial charge in [-0.1, -0.05) is 6.07 Å². The summed E-state index contributed by atoms with van der Waals surface area (Å²) < 4.78 is 39.8. The molecule has 2 aliphatic rings. The van der Waals surface area contributed by atoms with Crippen molar-refractivity contribution in [2.24, 2.45) is 0 Å². The second-order valence-electron chi connectivity index (χ2n) is 5.05. The maximum Gasteiger partial charge on any atom is 0.230 e. The van der Waals surface area contributed by atoms with Crippen molar-refractivity contribution in [1.29, 1.82) is 0 Å². The minimum atomic E-state index is -1.50. The molecule has 0 atom stereocenters. The molecule has 0 aliphatic heterocycles.